The molecule has 140 valence electrons. The molecule has 28 heavy (non-hydrogen) atoms. The van der Waals surface area contributed by atoms with Gasteiger partial charge in [0.2, 0.25) is 0 Å². The van der Waals surface area contributed by atoms with Gasteiger partial charge in [0.15, 0.2) is 0 Å². The molecule has 0 aliphatic carbocycles. The van der Waals surface area contributed by atoms with Gasteiger partial charge in [-0.1, -0.05) is 24.3 Å². The van der Waals surface area contributed by atoms with Crippen LogP contribution in [-0.2, 0) is 0 Å². The van der Waals surface area contributed by atoms with E-state index < -0.39 is 0 Å². The minimum atomic E-state index is 0.569. The Morgan fingerprint density at radius 2 is 1.43 bits per heavy atom. The second kappa shape index (κ2) is 7.96. The Bertz CT molecular complexity index is 1040. The van der Waals surface area contributed by atoms with Crippen LogP contribution in [0.3, 0.4) is 0 Å². The molecule has 1 aliphatic heterocycles. The smallest absolute Gasteiger partial charge is 0.142 e. The second-order valence-corrected chi connectivity index (χ2v) is 6.34. The van der Waals surface area contributed by atoms with Crippen LogP contribution in [0.25, 0.3) is 0 Å². The van der Waals surface area contributed by atoms with Gasteiger partial charge in [0.1, 0.15) is 17.3 Å². The molecule has 4 rings (SSSR count). The number of methoxy groups -OCH3 is 2. The van der Waals surface area contributed by atoms with Crippen molar-refractivity contribution in [2.24, 2.45) is 9.98 Å². The highest BCUT2D eigenvalue weighted by molar-refractivity contribution is 6.18. The number of rotatable bonds is 4. The summed E-state index contributed by atoms with van der Waals surface area (Å²) in [5.41, 5.74) is 4.53. The number of nitrogens with zero attached hydrogens (tertiary/aromatic N) is 2. The fourth-order valence-electron chi connectivity index (χ4n) is 3.11. The number of anilines is 1. The maximum absolute atomic E-state index is 5.46. The maximum atomic E-state index is 5.46. The maximum Gasteiger partial charge on any atom is 0.142 e. The first-order chi connectivity index (χ1) is 13.8. The number of amidine groups is 1. The lowest BCUT2D eigenvalue weighted by molar-refractivity contribution is 0.415. The molecule has 0 amide bonds. The third-order valence-electron chi connectivity index (χ3n) is 4.54. The number of hydrogen-bond donors (Lipinski definition) is 1. The molecular formula is C23H21N3O2. The number of ether oxygens (including phenoxy) is 2. The Labute approximate surface area is 164 Å². The average Bonchev–Trinajstić information content (AvgIpc) is 2.93. The normalized spacial score (nSPS) is 12.9. The van der Waals surface area contributed by atoms with Gasteiger partial charge in [-0.2, -0.15) is 0 Å². The summed E-state index contributed by atoms with van der Waals surface area (Å²) in [6.07, 6.45) is 0.569. The molecule has 0 radical (unpaired) electrons. The molecule has 0 spiro atoms. The minimum absolute atomic E-state index is 0.569. The average molecular weight is 371 g/mol. The van der Waals surface area contributed by atoms with Gasteiger partial charge in [-0.15, -0.1) is 0 Å². The summed E-state index contributed by atoms with van der Waals surface area (Å²) < 4.78 is 10.7. The highest BCUT2D eigenvalue weighted by atomic mass is 16.5. The lowest BCUT2D eigenvalue weighted by Crippen LogP contribution is -2.17. The zero-order valence-corrected chi connectivity index (χ0v) is 15.8. The van der Waals surface area contributed by atoms with Crippen molar-refractivity contribution in [3.63, 3.8) is 0 Å². The van der Waals surface area contributed by atoms with Crippen molar-refractivity contribution >= 4 is 28.6 Å². The molecule has 0 saturated heterocycles. The summed E-state index contributed by atoms with van der Waals surface area (Å²) in [5, 5.41) is 3.42. The Morgan fingerprint density at radius 1 is 0.750 bits per heavy atom. The van der Waals surface area contributed by atoms with E-state index in [9.17, 15) is 0 Å². The monoisotopic (exact) mass is 371 g/mol. The van der Waals surface area contributed by atoms with Gasteiger partial charge in [-0.05, 0) is 54.1 Å². The fourth-order valence-corrected chi connectivity index (χ4v) is 3.11. The minimum Gasteiger partial charge on any atom is -0.497 e. The van der Waals surface area contributed by atoms with E-state index in [4.69, 9.17) is 19.5 Å². The van der Waals surface area contributed by atoms with E-state index in [1.165, 1.54) is 0 Å². The van der Waals surface area contributed by atoms with Crippen molar-refractivity contribution in [1.29, 1.82) is 0 Å². The first-order valence-corrected chi connectivity index (χ1v) is 9.05. The molecule has 5 heteroatoms. The van der Waals surface area contributed by atoms with Gasteiger partial charge >= 0.3 is 0 Å². The van der Waals surface area contributed by atoms with Crippen LogP contribution in [0.15, 0.2) is 82.8 Å². The molecule has 1 aliphatic rings. The number of aliphatic imine (C=N–C) groups is 2. The molecule has 1 heterocycles. The van der Waals surface area contributed by atoms with E-state index in [2.05, 4.69) is 5.32 Å². The summed E-state index contributed by atoms with van der Waals surface area (Å²) in [4.78, 5) is 9.72. The third kappa shape index (κ3) is 3.74. The number of benzene rings is 3. The van der Waals surface area contributed by atoms with Crippen LogP contribution < -0.4 is 14.8 Å². The van der Waals surface area contributed by atoms with Crippen molar-refractivity contribution in [1.82, 2.24) is 0 Å². The van der Waals surface area contributed by atoms with E-state index >= 15 is 0 Å². The summed E-state index contributed by atoms with van der Waals surface area (Å²) in [6.45, 7) is 0. The van der Waals surface area contributed by atoms with Crippen LogP contribution in [0, 0.1) is 0 Å². The molecule has 5 nitrogen and oxygen atoms in total. The number of nitrogens with one attached hydrogen (secondary N) is 1. The Balaban J connectivity index is 1.73. The first-order valence-electron chi connectivity index (χ1n) is 9.05. The highest BCUT2D eigenvalue weighted by Gasteiger charge is 2.16. The second-order valence-electron chi connectivity index (χ2n) is 6.34. The molecule has 0 atom stereocenters. The van der Waals surface area contributed by atoms with Crippen LogP contribution in [0.2, 0.25) is 0 Å². The largest absolute Gasteiger partial charge is 0.497 e. The predicted octanol–water partition coefficient (Wildman–Crippen LogP) is 5.37. The molecule has 3 aromatic rings. The summed E-state index contributed by atoms with van der Waals surface area (Å²) >= 11 is 0. The lowest BCUT2D eigenvalue weighted by Gasteiger charge is -2.13. The Morgan fingerprint density at radius 3 is 2.14 bits per heavy atom. The van der Waals surface area contributed by atoms with Crippen LogP contribution in [-0.4, -0.2) is 25.8 Å². The van der Waals surface area contributed by atoms with Crippen LogP contribution in [0.1, 0.15) is 12.0 Å². The molecule has 3 aromatic carbocycles. The highest BCUT2D eigenvalue weighted by Crippen LogP contribution is 2.32. The summed E-state index contributed by atoms with van der Waals surface area (Å²) in [7, 11) is 3.32. The SMILES string of the molecule is COc1ccc(C2=Nc3ccccc3N=C(Nc3ccccc3OC)C2)cc1. The predicted molar refractivity (Wildman–Crippen MR) is 114 cm³/mol. The lowest BCUT2D eigenvalue weighted by atomic mass is 10.1. The zero-order chi connectivity index (χ0) is 19.3. The van der Waals surface area contributed by atoms with Crippen molar-refractivity contribution in [2.45, 2.75) is 6.42 Å². The fraction of sp³-hybridized carbons (Fsp3) is 0.130. The van der Waals surface area contributed by atoms with Crippen molar-refractivity contribution in [3.05, 3.63) is 78.4 Å². The molecule has 0 aromatic heterocycles. The number of fused-ring (bicyclic) bond motifs is 1. The Hall–Kier alpha value is -3.60. The van der Waals surface area contributed by atoms with E-state index in [1.807, 2.05) is 72.8 Å². The van der Waals surface area contributed by atoms with Gasteiger partial charge < -0.3 is 14.8 Å². The standard InChI is InChI=1S/C23H21N3O2/c1-27-17-13-11-16(12-14-17)21-15-23(25-19-8-4-3-7-18(19)24-21)26-20-9-5-6-10-22(20)28-2/h3-14H,15H2,1-2H3,(H,25,26). The van der Waals surface area contributed by atoms with Crippen molar-refractivity contribution in [3.8, 4) is 11.5 Å². The van der Waals surface area contributed by atoms with Crippen LogP contribution in [0.4, 0.5) is 17.1 Å². The summed E-state index contributed by atoms with van der Waals surface area (Å²) in [5.74, 6) is 2.40. The van der Waals surface area contributed by atoms with E-state index in [1.54, 1.807) is 14.2 Å². The number of hydrogen-bond acceptors (Lipinski definition) is 5. The molecule has 0 bridgehead atoms. The molecular weight excluding hydrogens is 350 g/mol. The van der Waals surface area contributed by atoms with Crippen molar-refractivity contribution in [2.75, 3.05) is 19.5 Å². The first kappa shape index (κ1) is 17.8. The van der Waals surface area contributed by atoms with Gasteiger partial charge in [-0.25, -0.2) is 4.99 Å². The Kier molecular flexibility index (Phi) is 5.06. The van der Waals surface area contributed by atoms with Gasteiger partial charge in [0.25, 0.3) is 0 Å². The van der Waals surface area contributed by atoms with Crippen LogP contribution >= 0.6 is 0 Å². The molecule has 0 saturated carbocycles. The molecule has 1 N–H and O–H groups in total. The zero-order valence-electron chi connectivity index (χ0n) is 15.8. The van der Waals surface area contributed by atoms with Gasteiger partial charge in [0, 0.05) is 6.42 Å². The topological polar surface area (TPSA) is 55.2 Å². The third-order valence-corrected chi connectivity index (χ3v) is 4.54. The van der Waals surface area contributed by atoms with Gasteiger partial charge in [0.05, 0.1) is 37.0 Å². The van der Waals surface area contributed by atoms with Crippen molar-refractivity contribution < 1.29 is 9.47 Å². The quantitative estimate of drug-likeness (QED) is 0.671. The van der Waals surface area contributed by atoms with E-state index in [0.717, 1.165) is 45.7 Å². The molecule has 0 fully saturated rings. The molecule has 0 unspecified atom stereocenters. The van der Waals surface area contributed by atoms with Gasteiger partial charge in [-0.3, -0.25) is 4.99 Å². The van der Waals surface area contributed by atoms with Crippen LogP contribution in [0.5, 0.6) is 11.5 Å². The number of para-hydroxylation sites is 4. The van der Waals surface area contributed by atoms with E-state index in [-0.39, 0.29) is 0 Å². The van der Waals surface area contributed by atoms with E-state index in [0.29, 0.717) is 6.42 Å². The summed E-state index contributed by atoms with van der Waals surface area (Å²) in [6, 6.07) is 23.6.